The average Bonchev–Trinajstić information content (AvgIpc) is 3.20. The summed E-state index contributed by atoms with van der Waals surface area (Å²) in [6, 6.07) is 2.02. The highest BCUT2D eigenvalue weighted by atomic mass is 32.2. The number of H-pyrrole nitrogens is 1. The maximum absolute atomic E-state index is 12.2. The largest absolute Gasteiger partial charge is 0.345 e. The first kappa shape index (κ1) is 18.8. The van der Waals surface area contributed by atoms with E-state index in [9.17, 15) is 8.42 Å². The molecule has 2 heterocycles. The zero-order chi connectivity index (χ0) is 18.7. The molecule has 0 amide bonds. The molecule has 2 N–H and O–H groups in total. The summed E-state index contributed by atoms with van der Waals surface area (Å²) in [4.78, 5) is 7.50. The molecular formula is C17H26N6O2S. The molecule has 26 heavy (non-hydrogen) atoms. The van der Waals surface area contributed by atoms with Gasteiger partial charge in [-0.1, -0.05) is 20.3 Å². The summed E-state index contributed by atoms with van der Waals surface area (Å²) in [6.07, 6.45) is 6.62. The highest BCUT2D eigenvalue weighted by molar-refractivity contribution is 7.89. The Morgan fingerprint density at radius 2 is 2.23 bits per heavy atom. The Morgan fingerprint density at radius 3 is 2.92 bits per heavy atom. The Morgan fingerprint density at radius 1 is 1.42 bits per heavy atom. The number of hydrogen-bond acceptors (Lipinski definition) is 5. The van der Waals surface area contributed by atoms with Gasteiger partial charge in [0.05, 0.1) is 17.5 Å². The highest BCUT2D eigenvalue weighted by Crippen LogP contribution is 2.38. The molecule has 9 heteroatoms. The minimum Gasteiger partial charge on any atom is -0.345 e. The Labute approximate surface area is 153 Å². The number of fused-ring (bicyclic) bond motifs is 1. The van der Waals surface area contributed by atoms with Crippen molar-refractivity contribution in [2.24, 2.45) is 16.1 Å². The fourth-order valence-corrected chi connectivity index (χ4v) is 5.34. The fourth-order valence-electron chi connectivity index (χ4n) is 3.99. The van der Waals surface area contributed by atoms with Crippen LogP contribution < -0.4 is 10.2 Å². The number of rotatable bonds is 7. The molecule has 0 spiro atoms. The van der Waals surface area contributed by atoms with Gasteiger partial charge in [0.25, 0.3) is 0 Å². The van der Waals surface area contributed by atoms with Crippen molar-refractivity contribution < 1.29 is 8.42 Å². The van der Waals surface area contributed by atoms with Crippen molar-refractivity contribution >= 4 is 27.9 Å². The number of nitrogens with one attached hydrogen (secondary N) is 2. The van der Waals surface area contributed by atoms with E-state index in [0.29, 0.717) is 17.8 Å². The summed E-state index contributed by atoms with van der Waals surface area (Å²) >= 11 is 0. The van der Waals surface area contributed by atoms with Crippen molar-refractivity contribution in [2.75, 3.05) is 5.75 Å². The molecule has 0 bridgehead atoms. The maximum atomic E-state index is 12.2. The van der Waals surface area contributed by atoms with Crippen molar-refractivity contribution in [1.29, 1.82) is 0 Å². The molecule has 1 saturated carbocycles. The molecule has 0 radical (unpaired) electrons. The van der Waals surface area contributed by atoms with Gasteiger partial charge in [0.2, 0.25) is 10.0 Å². The predicted molar refractivity (Wildman–Crippen MR) is 102 cm³/mol. The first-order chi connectivity index (χ1) is 12.5. The van der Waals surface area contributed by atoms with E-state index in [1.807, 2.05) is 19.2 Å². The monoisotopic (exact) mass is 378 g/mol. The molecule has 0 saturated heterocycles. The van der Waals surface area contributed by atoms with E-state index < -0.39 is 10.0 Å². The quantitative estimate of drug-likeness (QED) is 0.568. The van der Waals surface area contributed by atoms with Gasteiger partial charge in [0, 0.05) is 25.0 Å². The van der Waals surface area contributed by atoms with Crippen LogP contribution >= 0.6 is 0 Å². The van der Waals surface area contributed by atoms with Crippen LogP contribution in [0.3, 0.4) is 0 Å². The highest BCUT2D eigenvalue weighted by Gasteiger charge is 2.37. The molecule has 3 rings (SSSR count). The second-order valence-corrected chi connectivity index (χ2v) is 8.65. The van der Waals surface area contributed by atoms with Gasteiger partial charge in [-0.15, -0.1) is 5.10 Å². The normalized spacial score (nSPS) is 24.4. The van der Waals surface area contributed by atoms with Gasteiger partial charge in [-0.3, -0.25) is 0 Å². The first-order valence-corrected chi connectivity index (χ1v) is 10.7. The van der Waals surface area contributed by atoms with Crippen LogP contribution in [0.5, 0.6) is 0 Å². The number of sulfonamides is 1. The fraction of sp³-hybridized carbons (Fsp3) is 0.588. The molecule has 1 fully saturated rings. The van der Waals surface area contributed by atoms with Gasteiger partial charge in [0.1, 0.15) is 0 Å². The van der Waals surface area contributed by atoms with Gasteiger partial charge in [-0.2, -0.15) is 5.10 Å². The van der Waals surface area contributed by atoms with Crippen LogP contribution in [0.1, 0.15) is 45.6 Å². The van der Waals surface area contributed by atoms with E-state index in [0.717, 1.165) is 30.4 Å². The van der Waals surface area contributed by atoms with Crippen molar-refractivity contribution in [2.45, 2.75) is 51.6 Å². The van der Waals surface area contributed by atoms with E-state index in [4.69, 9.17) is 0 Å². The SMILES string of the molecule is C=N/N=c1/cnc2[nH]ccc2n1C1C[C@@H](NS(=O)(=O)CCC)C[C@H]1CC. The predicted octanol–water partition coefficient (Wildman–Crippen LogP) is 1.94. The van der Waals surface area contributed by atoms with Crippen LogP contribution in [0.4, 0.5) is 0 Å². The van der Waals surface area contributed by atoms with E-state index in [1.54, 1.807) is 6.20 Å². The lowest BCUT2D eigenvalue weighted by Gasteiger charge is -2.22. The molecule has 2 aromatic heterocycles. The van der Waals surface area contributed by atoms with E-state index in [-0.39, 0.29) is 17.8 Å². The number of hydrogen-bond donors (Lipinski definition) is 2. The molecule has 2 aromatic rings. The molecule has 3 atom stereocenters. The van der Waals surface area contributed by atoms with Gasteiger partial charge >= 0.3 is 0 Å². The second-order valence-electron chi connectivity index (χ2n) is 6.78. The third kappa shape index (κ3) is 3.73. The Bertz CT molecular complexity index is 946. The van der Waals surface area contributed by atoms with Crippen LogP contribution in [-0.4, -0.2) is 41.5 Å². The molecule has 8 nitrogen and oxygen atoms in total. The minimum absolute atomic E-state index is 0.0688. The lowest BCUT2D eigenvalue weighted by atomic mass is 10.00. The van der Waals surface area contributed by atoms with Gasteiger partial charge in [-0.25, -0.2) is 18.1 Å². The molecule has 0 aromatic carbocycles. The summed E-state index contributed by atoms with van der Waals surface area (Å²) in [5.41, 5.74) is 2.35. The van der Waals surface area contributed by atoms with E-state index >= 15 is 0 Å². The van der Waals surface area contributed by atoms with Crippen LogP contribution in [0.15, 0.2) is 28.7 Å². The maximum Gasteiger partial charge on any atom is 0.211 e. The van der Waals surface area contributed by atoms with Crippen molar-refractivity contribution in [3.8, 4) is 0 Å². The van der Waals surface area contributed by atoms with Crippen molar-refractivity contribution in [3.05, 3.63) is 23.9 Å². The summed E-state index contributed by atoms with van der Waals surface area (Å²) in [6.45, 7) is 7.47. The zero-order valence-corrected chi connectivity index (χ0v) is 16.0. The summed E-state index contributed by atoms with van der Waals surface area (Å²) in [7, 11) is -3.23. The zero-order valence-electron chi connectivity index (χ0n) is 15.2. The van der Waals surface area contributed by atoms with Gasteiger partial charge < -0.3 is 9.55 Å². The molecule has 1 aliphatic rings. The Balaban J connectivity index is 1.99. The third-order valence-corrected chi connectivity index (χ3v) is 6.66. The smallest absolute Gasteiger partial charge is 0.211 e. The standard InChI is InChI=1S/C17H26N6O2S/c1-4-8-26(24,25)22-13-9-12(5-2)15(10-13)23-14-6-7-19-17(14)20-11-16(23)21-18-3/h6-7,11-13,15,19,22H,3-5,8-10H2,1-2H3/b21-16-/t12-,13+,15?/m1/s1. The molecule has 1 aliphatic carbocycles. The van der Waals surface area contributed by atoms with Crippen LogP contribution in [0, 0.1) is 5.92 Å². The first-order valence-electron chi connectivity index (χ1n) is 9.03. The summed E-state index contributed by atoms with van der Waals surface area (Å²) < 4.78 is 29.4. The molecule has 0 aliphatic heterocycles. The molecular weight excluding hydrogens is 352 g/mol. The van der Waals surface area contributed by atoms with Gasteiger partial charge in [0.15, 0.2) is 11.1 Å². The van der Waals surface area contributed by atoms with E-state index in [2.05, 4.69) is 43.1 Å². The van der Waals surface area contributed by atoms with Crippen molar-refractivity contribution in [1.82, 2.24) is 19.3 Å². The number of aromatic nitrogens is 3. The van der Waals surface area contributed by atoms with Gasteiger partial charge in [-0.05, 0) is 31.2 Å². The lowest BCUT2D eigenvalue weighted by molar-refractivity contribution is 0.367. The molecule has 1 unspecified atom stereocenters. The third-order valence-electron chi connectivity index (χ3n) is 5.03. The van der Waals surface area contributed by atoms with Crippen LogP contribution in [0.2, 0.25) is 0 Å². The van der Waals surface area contributed by atoms with Crippen LogP contribution in [0.25, 0.3) is 11.2 Å². The minimum atomic E-state index is -3.23. The van der Waals surface area contributed by atoms with Crippen molar-refractivity contribution in [3.63, 3.8) is 0 Å². The Hall–Kier alpha value is -2.00. The number of aromatic amines is 1. The number of nitrogens with zero attached hydrogens (tertiary/aromatic N) is 4. The molecule has 142 valence electrons. The summed E-state index contributed by atoms with van der Waals surface area (Å²) in [5, 5.41) is 7.82. The lowest BCUT2D eigenvalue weighted by Crippen LogP contribution is -2.35. The topological polar surface area (TPSA) is 104 Å². The summed E-state index contributed by atoms with van der Waals surface area (Å²) in [5.74, 6) is 0.504. The Kier molecular flexibility index (Phi) is 5.57. The van der Waals surface area contributed by atoms with E-state index in [1.165, 1.54) is 0 Å². The van der Waals surface area contributed by atoms with Crippen LogP contribution in [-0.2, 0) is 10.0 Å². The second kappa shape index (κ2) is 7.71. The average molecular weight is 379 g/mol.